The van der Waals surface area contributed by atoms with Gasteiger partial charge in [-0.3, -0.25) is 4.79 Å². The smallest absolute Gasteiger partial charge is 0.226 e. The van der Waals surface area contributed by atoms with Crippen LogP contribution in [0.15, 0.2) is 40.9 Å². The van der Waals surface area contributed by atoms with Crippen molar-refractivity contribution in [1.82, 2.24) is 14.8 Å². The summed E-state index contributed by atoms with van der Waals surface area (Å²) in [6, 6.07) is 9.79. The number of benzene rings is 2. The molecule has 4 aromatic rings. The number of carbonyl (C=O) groups is 1. The number of nitrogens with zero attached hydrogens (tertiary/aromatic N) is 3. The highest BCUT2D eigenvalue weighted by Crippen LogP contribution is 2.42. The van der Waals surface area contributed by atoms with Crippen molar-refractivity contribution in [2.75, 3.05) is 5.32 Å². The summed E-state index contributed by atoms with van der Waals surface area (Å²) in [6.07, 6.45) is 0.0205. The van der Waals surface area contributed by atoms with Crippen LogP contribution >= 0.6 is 27.3 Å². The average Bonchev–Trinajstić information content (AvgIpc) is 3.24. The third-order valence-corrected chi connectivity index (χ3v) is 6.47. The van der Waals surface area contributed by atoms with Crippen LogP contribution in [0.5, 0.6) is 0 Å². The molecule has 2 aromatic heterocycles. The molecule has 1 aliphatic rings. The van der Waals surface area contributed by atoms with E-state index in [0.717, 1.165) is 20.8 Å². The number of carbonyl (C=O) groups excluding carboxylic acids is 1. The Kier molecular flexibility index (Phi) is 4.25. The Bertz CT molecular complexity index is 1300. The lowest BCUT2D eigenvalue weighted by molar-refractivity contribution is -0.116. The number of thiazole rings is 1. The maximum absolute atomic E-state index is 14.5. The highest BCUT2D eigenvalue weighted by atomic mass is 79.9. The Balaban J connectivity index is 1.69. The van der Waals surface area contributed by atoms with Gasteiger partial charge in [-0.1, -0.05) is 39.4 Å². The molecule has 1 amide bonds. The molecule has 5 nitrogen and oxygen atoms in total. The fraction of sp³-hybridized carbons (Fsp3) is 0.150. The van der Waals surface area contributed by atoms with Gasteiger partial charge in [0.15, 0.2) is 11.6 Å². The lowest BCUT2D eigenvalue weighted by Gasteiger charge is -2.24. The van der Waals surface area contributed by atoms with Crippen LogP contribution < -0.4 is 5.32 Å². The first kappa shape index (κ1) is 18.4. The van der Waals surface area contributed by atoms with Gasteiger partial charge in [0.25, 0.3) is 0 Å². The average molecular weight is 475 g/mol. The van der Waals surface area contributed by atoms with Gasteiger partial charge in [-0.15, -0.1) is 0 Å². The fourth-order valence-corrected chi connectivity index (χ4v) is 5.19. The normalized spacial score (nSPS) is 16.1. The van der Waals surface area contributed by atoms with E-state index < -0.39 is 17.6 Å². The van der Waals surface area contributed by atoms with E-state index in [-0.39, 0.29) is 17.9 Å². The highest BCUT2D eigenvalue weighted by molar-refractivity contribution is 9.10. The van der Waals surface area contributed by atoms with Crippen LogP contribution in [0.2, 0.25) is 0 Å². The third kappa shape index (κ3) is 2.96. The second kappa shape index (κ2) is 6.70. The molecule has 146 valence electrons. The summed E-state index contributed by atoms with van der Waals surface area (Å²) in [5.74, 6) is -2.32. The maximum atomic E-state index is 14.5. The van der Waals surface area contributed by atoms with Gasteiger partial charge in [0.05, 0.1) is 15.9 Å². The van der Waals surface area contributed by atoms with Crippen LogP contribution in [0, 0.1) is 18.6 Å². The van der Waals surface area contributed by atoms with Crippen molar-refractivity contribution < 1.29 is 13.6 Å². The van der Waals surface area contributed by atoms with Crippen molar-refractivity contribution in [2.45, 2.75) is 19.3 Å². The molecule has 0 radical (unpaired) electrons. The Labute approximate surface area is 176 Å². The van der Waals surface area contributed by atoms with Crippen molar-refractivity contribution in [3.05, 3.63) is 69.3 Å². The zero-order valence-corrected chi connectivity index (χ0v) is 17.4. The quantitative estimate of drug-likeness (QED) is 0.428. The summed E-state index contributed by atoms with van der Waals surface area (Å²) in [7, 11) is 0. The van der Waals surface area contributed by atoms with Crippen molar-refractivity contribution in [3.63, 3.8) is 0 Å². The Morgan fingerprint density at radius 2 is 2.10 bits per heavy atom. The van der Waals surface area contributed by atoms with Crippen LogP contribution in [0.1, 0.15) is 29.2 Å². The number of rotatable bonds is 2. The largest absolute Gasteiger partial charge is 0.310 e. The number of aromatic nitrogens is 3. The molecule has 0 spiro atoms. The van der Waals surface area contributed by atoms with Crippen LogP contribution in [0.4, 0.5) is 14.6 Å². The van der Waals surface area contributed by atoms with Gasteiger partial charge < -0.3 is 5.32 Å². The number of nitrogens with one attached hydrogen (secondary N) is 1. The standard InChI is InChI=1S/C20H13BrF2N4OS/c1-9-17-12(11-3-2-4-13(22)18(11)23)8-16(28)25-19(17)27(26-9)20-24-14-6-5-10(21)7-15(14)29-20/h2-7,12H,8H2,1H3,(H,25,28)/t12-/m0/s1. The van der Waals surface area contributed by atoms with E-state index in [1.165, 1.54) is 23.5 Å². The first-order valence-electron chi connectivity index (χ1n) is 8.82. The summed E-state index contributed by atoms with van der Waals surface area (Å²) in [4.78, 5) is 17.0. The summed E-state index contributed by atoms with van der Waals surface area (Å²) in [5, 5.41) is 7.99. The molecule has 9 heteroatoms. The van der Waals surface area contributed by atoms with Gasteiger partial charge in [0.1, 0.15) is 5.82 Å². The lowest BCUT2D eigenvalue weighted by atomic mass is 9.85. The molecule has 0 saturated carbocycles. The fourth-order valence-electron chi connectivity index (χ4n) is 3.72. The maximum Gasteiger partial charge on any atom is 0.226 e. The van der Waals surface area contributed by atoms with E-state index in [1.54, 1.807) is 11.6 Å². The second-order valence-corrected chi connectivity index (χ2v) is 8.74. The molecule has 1 N–H and O–H groups in total. The van der Waals surface area contributed by atoms with E-state index in [1.807, 2.05) is 18.2 Å². The number of halogens is 3. The predicted octanol–water partition coefficient (Wildman–Crippen LogP) is 5.31. The van der Waals surface area contributed by atoms with E-state index >= 15 is 0 Å². The zero-order chi connectivity index (χ0) is 20.3. The molecule has 5 rings (SSSR count). The predicted molar refractivity (Wildman–Crippen MR) is 111 cm³/mol. The topological polar surface area (TPSA) is 59.8 Å². The first-order valence-corrected chi connectivity index (χ1v) is 10.4. The van der Waals surface area contributed by atoms with Crippen LogP contribution in [0.3, 0.4) is 0 Å². The number of anilines is 1. The molecule has 29 heavy (non-hydrogen) atoms. The molecular weight excluding hydrogens is 462 g/mol. The minimum atomic E-state index is -0.935. The summed E-state index contributed by atoms with van der Waals surface area (Å²) >= 11 is 4.88. The van der Waals surface area contributed by atoms with Gasteiger partial charge in [0, 0.05) is 22.4 Å². The van der Waals surface area contributed by atoms with Gasteiger partial charge in [-0.25, -0.2) is 13.8 Å². The van der Waals surface area contributed by atoms with E-state index in [2.05, 4.69) is 31.3 Å². The zero-order valence-electron chi connectivity index (χ0n) is 15.0. The molecule has 1 aliphatic heterocycles. The Morgan fingerprint density at radius 3 is 2.93 bits per heavy atom. The van der Waals surface area contributed by atoms with Crippen LogP contribution in [-0.2, 0) is 4.79 Å². The number of amides is 1. The molecule has 0 aliphatic carbocycles. The minimum absolute atomic E-state index is 0.0205. The molecule has 0 unspecified atom stereocenters. The van der Waals surface area contributed by atoms with Crippen molar-refractivity contribution in [2.24, 2.45) is 0 Å². The van der Waals surface area contributed by atoms with Crippen molar-refractivity contribution in [3.8, 4) is 5.13 Å². The van der Waals surface area contributed by atoms with Crippen LogP contribution in [0.25, 0.3) is 15.3 Å². The molecule has 0 saturated heterocycles. The van der Waals surface area contributed by atoms with Crippen molar-refractivity contribution >= 4 is 49.2 Å². The molecule has 3 heterocycles. The first-order chi connectivity index (χ1) is 13.9. The van der Waals surface area contributed by atoms with Crippen LogP contribution in [-0.4, -0.2) is 20.7 Å². The Morgan fingerprint density at radius 1 is 1.28 bits per heavy atom. The monoisotopic (exact) mass is 474 g/mol. The number of aryl methyl sites for hydroxylation is 1. The minimum Gasteiger partial charge on any atom is -0.310 e. The lowest BCUT2D eigenvalue weighted by Crippen LogP contribution is -2.25. The molecule has 1 atom stereocenters. The third-order valence-electron chi connectivity index (χ3n) is 4.98. The van der Waals surface area contributed by atoms with Crippen molar-refractivity contribution in [1.29, 1.82) is 0 Å². The van der Waals surface area contributed by atoms with Gasteiger partial charge >= 0.3 is 0 Å². The molecule has 0 fully saturated rings. The summed E-state index contributed by atoms with van der Waals surface area (Å²) in [5.41, 5.74) is 2.27. The summed E-state index contributed by atoms with van der Waals surface area (Å²) in [6.45, 7) is 1.79. The number of hydrogen-bond acceptors (Lipinski definition) is 4. The summed E-state index contributed by atoms with van der Waals surface area (Å²) < 4.78 is 31.8. The van der Waals surface area contributed by atoms with E-state index in [0.29, 0.717) is 22.2 Å². The molecular formula is C20H13BrF2N4OS. The number of fused-ring (bicyclic) bond motifs is 2. The highest BCUT2D eigenvalue weighted by Gasteiger charge is 2.35. The van der Waals surface area contributed by atoms with Gasteiger partial charge in [-0.2, -0.15) is 9.78 Å². The number of hydrogen-bond donors (Lipinski definition) is 1. The SMILES string of the molecule is Cc1nn(-c2nc3ccc(Br)cc3s2)c2c1[C@H](c1cccc(F)c1F)CC(=O)N2. The molecule has 0 bridgehead atoms. The van der Waals surface area contributed by atoms with Gasteiger partial charge in [0.2, 0.25) is 11.0 Å². The second-order valence-electron chi connectivity index (χ2n) is 6.82. The van der Waals surface area contributed by atoms with E-state index in [9.17, 15) is 13.6 Å². The Hall–Kier alpha value is -2.65. The molecule has 2 aromatic carbocycles. The van der Waals surface area contributed by atoms with Gasteiger partial charge in [-0.05, 0) is 36.8 Å². The van der Waals surface area contributed by atoms with E-state index in [4.69, 9.17) is 0 Å².